The highest BCUT2D eigenvalue weighted by Crippen LogP contribution is 2.26. The van der Waals surface area contributed by atoms with Crippen molar-refractivity contribution < 1.29 is 28.6 Å². The van der Waals surface area contributed by atoms with Crippen molar-refractivity contribution in [2.45, 2.75) is 39.8 Å². The van der Waals surface area contributed by atoms with E-state index < -0.39 is 34.5 Å². The Hall–Kier alpha value is -3.63. The topological polar surface area (TPSA) is 121 Å². The van der Waals surface area contributed by atoms with Gasteiger partial charge in [-0.25, -0.2) is 14.0 Å². The second-order valence-corrected chi connectivity index (χ2v) is 9.01. The molecule has 1 saturated heterocycles. The summed E-state index contributed by atoms with van der Waals surface area (Å²) < 4.78 is 21.7. The van der Waals surface area contributed by atoms with Crippen LogP contribution in [0.3, 0.4) is 0 Å². The summed E-state index contributed by atoms with van der Waals surface area (Å²) in [5.41, 5.74) is -1.09. The molecule has 1 fully saturated rings. The van der Waals surface area contributed by atoms with Crippen molar-refractivity contribution in [1.29, 1.82) is 0 Å². The van der Waals surface area contributed by atoms with Crippen molar-refractivity contribution in [2.75, 3.05) is 37.6 Å². The standard InChI is InChI=1S/C23H29FN4O6/c1-5-26-13-15(21(31)32)20(30)14-10-16(24)18(11-17(14)26)27-6-8-28(9-7-27)19(29)12-25-22(33)34-23(2,3)4/h10-11,13H,5-9,12H2,1-4H3,(H,25,33)(H,31,32). The molecule has 1 aromatic carbocycles. The molecule has 2 aromatic rings. The molecule has 0 radical (unpaired) electrons. The van der Waals surface area contributed by atoms with Gasteiger partial charge in [-0.1, -0.05) is 0 Å². The van der Waals surface area contributed by atoms with Gasteiger partial charge in [0.2, 0.25) is 11.3 Å². The van der Waals surface area contributed by atoms with Crippen LogP contribution in [0.4, 0.5) is 14.9 Å². The summed E-state index contributed by atoms with van der Waals surface area (Å²) in [4.78, 5) is 51.5. The molecule has 0 unspecified atom stereocenters. The maximum Gasteiger partial charge on any atom is 0.408 e. The van der Waals surface area contributed by atoms with E-state index in [4.69, 9.17) is 4.74 Å². The fraction of sp³-hybridized carbons (Fsp3) is 0.478. The number of benzene rings is 1. The van der Waals surface area contributed by atoms with Gasteiger partial charge < -0.3 is 29.5 Å². The van der Waals surface area contributed by atoms with Gasteiger partial charge in [-0.3, -0.25) is 9.59 Å². The Kier molecular flexibility index (Phi) is 7.13. The van der Waals surface area contributed by atoms with E-state index in [1.54, 1.807) is 48.1 Å². The molecule has 184 valence electrons. The predicted octanol–water partition coefficient (Wildman–Crippen LogP) is 2.03. The zero-order valence-electron chi connectivity index (χ0n) is 19.7. The number of aromatic carboxylic acids is 1. The number of carbonyl (C=O) groups is 3. The number of ether oxygens (including phenoxy) is 1. The van der Waals surface area contributed by atoms with E-state index in [2.05, 4.69) is 5.32 Å². The lowest BCUT2D eigenvalue weighted by atomic mass is 10.1. The summed E-state index contributed by atoms with van der Waals surface area (Å²) in [6, 6.07) is 2.62. The quantitative estimate of drug-likeness (QED) is 0.677. The second kappa shape index (κ2) is 9.70. The van der Waals surface area contributed by atoms with Gasteiger partial charge in [0.15, 0.2) is 0 Å². The summed E-state index contributed by atoms with van der Waals surface area (Å²) in [6.45, 7) is 8.53. The summed E-state index contributed by atoms with van der Waals surface area (Å²) in [7, 11) is 0. The Morgan fingerprint density at radius 3 is 2.35 bits per heavy atom. The molecule has 0 bridgehead atoms. The molecule has 1 aliphatic heterocycles. The summed E-state index contributed by atoms with van der Waals surface area (Å²) >= 11 is 0. The summed E-state index contributed by atoms with van der Waals surface area (Å²) in [6.07, 6.45) is 0.592. The largest absolute Gasteiger partial charge is 0.477 e. The van der Waals surface area contributed by atoms with Crippen molar-refractivity contribution in [3.05, 3.63) is 39.9 Å². The number of nitrogens with zero attached hydrogens (tertiary/aromatic N) is 3. The Morgan fingerprint density at radius 1 is 1.15 bits per heavy atom. The van der Waals surface area contributed by atoms with Gasteiger partial charge in [0.1, 0.15) is 23.5 Å². The van der Waals surface area contributed by atoms with E-state index in [1.165, 1.54) is 6.20 Å². The molecule has 3 rings (SSSR count). The lowest BCUT2D eigenvalue weighted by molar-refractivity contribution is -0.130. The molecule has 0 saturated carbocycles. The van der Waals surface area contributed by atoms with Crippen LogP contribution < -0.4 is 15.6 Å². The molecular formula is C23H29FN4O6. The minimum Gasteiger partial charge on any atom is -0.477 e. The van der Waals surface area contributed by atoms with Gasteiger partial charge in [-0.2, -0.15) is 0 Å². The molecule has 0 aliphatic carbocycles. The first kappa shape index (κ1) is 25.0. The van der Waals surface area contributed by atoms with Crippen LogP contribution in [0.5, 0.6) is 0 Å². The van der Waals surface area contributed by atoms with Gasteiger partial charge in [0.25, 0.3) is 0 Å². The number of pyridine rings is 1. The van der Waals surface area contributed by atoms with Crippen LogP contribution in [0, 0.1) is 5.82 Å². The Labute approximate surface area is 195 Å². The molecule has 1 aliphatic rings. The SMILES string of the molecule is CCn1cc(C(=O)O)c(=O)c2cc(F)c(N3CCN(C(=O)CNC(=O)OC(C)(C)C)CC3)cc21. The van der Waals surface area contributed by atoms with Crippen LogP contribution in [0.25, 0.3) is 10.9 Å². The number of alkyl carbamates (subject to hydrolysis) is 1. The number of hydrogen-bond acceptors (Lipinski definition) is 6. The smallest absolute Gasteiger partial charge is 0.408 e. The van der Waals surface area contributed by atoms with Crippen molar-refractivity contribution in [3.8, 4) is 0 Å². The van der Waals surface area contributed by atoms with Crippen molar-refractivity contribution in [1.82, 2.24) is 14.8 Å². The number of aromatic nitrogens is 1. The highest BCUT2D eigenvalue weighted by molar-refractivity contribution is 5.93. The number of anilines is 1. The molecule has 11 heteroatoms. The number of aryl methyl sites for hydroxylation is 1. The van der Waals surface area contributed by atoms with Gasteiger partial charge in [-0.05, 0) is 39.8 Å². The van der Waals surface area contributed by atoms with Crippen LogP contribution in [0.2, 0.25) is 0 Å². The minimum absolute atomic E-state index is 0.00466. The first-order valence-corrected chi connectivity index (χ1v) is 11.0. The molecule has 34 heavy (non-hydrogen) atoms. The van der Waals surface area contributed by atoms with Crippen LogP contribution >= 0.6 is 0 Å². The zero-order chi connectivity index (χ0) is 25.2. The number of rotatable bonds is 5. The van der Waals surface area contributed by atoms with Crippen molar-refractivity contribution in [2.24, 2.45) is 0 Å². The van der Waals surface area contributed by atoms with Crippen molar-refractivity contribution >= 4 is 34.6 Å². The lowest BCUT2D eigenvalue weighted by Gasteiger charge is -2.36. The molecule has 0 atom stereocenters. The number of nitrogens with one attached hydrogen (secondary N) is 1. The second-order valence-electron chi connectivity index (χ2n) is 9.01. The minimum atomic E-state index is -1.36. The average Bonchev–Trinajstić information content (AvgIpc) is 2.76. The molecular weight excluding hydrogens is 447 g/mol. The Balaban J connectivity index is 1.72. The first-order chi connectivity index (χ1) is 15.9. The number of carboxylic acid groups (broad SMARTS) is 1. The van der Waals surface area contributed by atoms with Crippen LogP contribution in [-0.2, 0) is 16.1 Å². The zero-order valence-corrected chi connectivity index (χ0v) is 19.7. The van der Waals surface area contributed by atoms with Gasteiger partial charge in [0, 0.05) is 44.3 Å². The van der Waals surface area contributed by atoms with E-state index in [-0.39, 0.29) is 23.5 Å². The van der Waals surface area contributed by atoms with Crippen LogP contribution in [-0.4, -0.2) is 70.9 Å². The number of piperazine rings is 1. The number of halogens is 1. The van der Waals surface area contributed by atoms with Gasteiger partial charge in [0.05, 0.1) is 11.2 Å². The maximum atomic E-state index is 15.0. The number of hydrogen-bond donors (Lipinski definition) is 2. The van der Waals surface area contributed by atoms with Crippen LogP contribution in [0.15, 0.2) is 23.1 Å². The normalized spacial score (nSPS) is 14.3. The predicted molar refractivity (Wildman–Crippen MR) is 124 cm³/mol. The fourth-order valence-electron chi connectivity index (χ4n) is 3.83. The highest BCUT2D eigenvalue weighted by atomic mass is 19.1. The van der Waals surface area contributed by atoms with E-state index in [0.29, 0.717) is 38.2 Å². The first-order valence-electron chi connectivity index (χ1n) is 11.0. The van der Waals surface area contributed by atoms with Crippen molar-refractivity contribution in [3.63, 3.8) is 0 Å². The van der Waals surface area contributed by atoms with E-state index in [0.717, 1.165) is 6.07 Å². The maximum absolute atomic E-state index is 15.0. The number of carboxylic acids is 1. The van der Waals surface area contributed by atoms with Gasteiger partial charge in [-0.15, -0.1) is 0 Å². The Morgan fingerprint density at radius 2 is 1.79 bits per heavy atom. The molecule has 1 aromatic heterocycles. The monoisotopic (exact) mass is 476 g/mol. The van der Waals surface area contributed by atoms with E-state index >= 15 is 0 Å². The molecule has 2 heterocycles. The number of fused-ring (bicyclic) bond motifs is 1. The fourth-order valence-corrected chi connectivity index (χ4v) is 3.83. The summed E-state index contributed by atoms with van der Waals surface area (Å²) in [5, 5.41) is 11.7. The third kappa shape index (κ3) is 5.46. The molecule has 2 amide bonds. The summed E-state index contributed by atoms with van der Waals surface area (Å²) in [5.74, 6) is -2.27. The van der Waals surface area contributed by atoms with E-state index in [1.807, 2.05) is 0 Å². The third-order valence-corrected chi connectivity index (χ3v) is 5.48. The number of carbonyl (C=O) groups excluding carboxylic acids is 2. The highest BCUT2D eigenvalue weighted by Gasteiger charge is 2.25. The number of amides is 2. The van der Waals surface area contributed by atoms with E-state index in [9.17, 15) is 28.7 Å². The van der Waals surface area contributed by atoms with Gasteiger partial charge >= 0.3 is 12.1 Å². The molecule has 10 nitrogen and oxygen atoms in total. The van der Waals surface area contributed by atoms with Crippen LogP contribution in [0.1, 0.15) is 38.1 Å². The lowest BCUT2D eigenvalue weighted by Crippen LogP contribution is -2.51. The third-order valence-electron chi connectivity index (χ3n) is 5.48. The molecule has 2 N–H and O–H groups in total. The average molecular weight is 477 g/mol. The molecule has 0 spiro atoms. The Bertz CT molecular complexity index is 1180.